The predicted octanol–water partition coefficient (Wildman–Crippen LogP) is 5.42. The molecule has 0 fully saturated rings. The monoisotopic (exact) mass is 410 g/mol. The lowest BCUT2D eigenvalue weighted by atomic mass is 10.1. The highest BCUT2D eigenvalue weighted by Gasteiger charge is 2.30. The second kappa shape index (κ2) is 7.91. The molecule has 0 spiro atoms. The summed E-state index contributed by atoms with van der Waals surface area (Å²) in [7, 11) is 0. The van der Waals surface area contributed by atoms with Crippen molar-refractivity contribution in [3.63, 3.8) is 0 Å². The number of fused-ring (bicyclic) bond motifs is 2. The van der Waals surface area contributed by atoms with Crippen LogP contribution in [0.1, 0.15) is 25.0 Å². The summed E-state index contributed by atoms with van der Waals surface area (Å²) >= 11 is 0. The van der Waals surface area contributed by atoms with Crippen molar-refractivity contribution >= 4 is 22.7 Å². The first-order valence-electron chi connectivity index (χ1n) is 10.6. The van der Waals surface area contributed by atoms with E-state index in [4.69, 9.17) is 14.7 Å². The van der Waals surface area contributed by atoms with Crippen LogP contribution in [0.5, 0.6) is 5.75 Å². The Kier molecular flexibility index (Phi) is 4.94. The molecule has 0 unspecified atom stereocenters. The number of hydrogen-bond acceptors (Lipinski definition) is 5. The third kappa shape index (κ3) is 4.17. The second-order valence-corrected chi connectivity index (χ2v) is 8.55. The minimum Gasteiger partial charge on any atom is -0.486 e. The number of hydrogen-bond donors (Lipinski definition) is 1. The highest BCUT2D eigenvalue weighted by atomic mass is 16.5. The van der Waals surface area contributed by atoms with Crippen molar-refractivity contribution in [2.24, 2.45) is 0 Å². The molecule has 0 saturated heterocycles. The van der Waals surface area contributed by atoms with Crippen molar-refractivity contribution in [1.82, 2.24) is 9.97 Å². The largest absolute Gasteiger partial charge is 0.486 e. The van der Waals surface area contributed by atoms with Crippen LogP contribution < -0.4 is 15.0 Å². The van der Waals surface area contributed by atoms with Gasteiger partial charge in [-0.3, -0.25) is 0 Å². The molecule has 5 nitrogen and oxygen atoms in total. The van der Waals surface area contributed by atoms with Crippen molar-refractivity contribution in [3.05, 3.63) is 90.0 Å². The van der Waals surface area contributed by atoms with Crippen LogP contribution >= 0.6 is 0 Å². The van der Waals surface area contributed by atoms with E-state index in [1.807, 2.05) is 42.5 Å². The molecule has 2 heterocycles. The molecule has 1 N–H and O–H groups in total. The zero-order chi connectivity index (χ0) is 21.3. The Balaban J connectivity index is 1.53. The van der Waals surface area contributed by atoms with Crippen LogP contribution in [0.4, 0.5) is 11.8 Å². The number of benzene rings is 3. The molecule has 1 aromatic heterocycles. The summed E-state index contributed by atoms with van der Waals surface area (Å²) in [6, 6.07) is 26.7. The van der Waals surface area contributed by atoms with Crippen molar-refractivity contribution < 1.29 is 4.74 Å². The molecular weight excluding hydrogens is 384 g/mol. The molecule has 5 heteroatoms. The fourth-order valence-electron chi connectivity index (χ4n) is 4.05. The highest BCUT2D eigenvalue weighted by molar-refractivity contribution is 5.90. The first kappa shape index (κ1) is 19.4. The molecule has 156 valence electrons. The summed E-state index contributed by atoms with van der Waals surface area (Å²) in [5.41, 5.74) is 2.92. The first-order chi connectivity index (χ1) is 15.1. The SMILES string of the molecule is CC1(C)CN(c2nc(NCc3ccccc3)c3ccccc3n2)Cc2ccccc2O1. The normalized spacial score (nSPS) is 15.1. The van der Waals surface area contributed by atoms with E-state index in [9.17, 15) is 0 Å². The quantitative estimate of drug-likeness (QED) is 0.487. The number of rotatable bonds is 4. The molecule has 31 heavy (non-hydrogen) atoms. The van der Waals surface area contributed by atoms with Crippen LogP contribution in [-0.4, -0.2) is 22.1 Å². The van der Waals surface area contributed by atoms with Crippen LogP contribution in [0.2, 0.25) is 0 Å². The lowest BCUT2D eigenvalue weighted by molar-refractivity contribution is 0.121. The molecule has 0 aliphatic carbocycles. The Morgan fingerprint density at radius 2 is 1.65 bits per heavy atom. The van der Waals surface area contributed by atoms with Gasteiger partial charge in [0.25, 0.3) is 0 Å². The minimum absolute atomic E-state index is 0.362. The fourth-order valence-corrected chi connectivity index (χ4v) is 4.05. The van der Waals surface area contributed by atoms with E-state index in [1.54, 1.807) is 0 Å². The maximum atomic E-state index is 6.31. The van der Waals surface area contributed by atoms with E-state index >= 15 is 0 Å². The zero-order valence-electron chi connectivity index (χ0n) is 17.9. The van der Waals surface area contributed by atoms with Gasteiger partial charge in [-0.15, -0.1) is 0 Å². The molecule has 1 aliphatic rings. The van der Waals surface area contributed by atoms with E-state index in [1.165, 1.54) is 5.56 Å². The van der Waals surface area contributed by atoms with Gasteiger partial charge in [0.15, 0.2) is 0 Å². The smallest absolute Gasteiger partial charge is 0.228 e. The zero-order valence-corrected chi connectivity index (χ0v) is 17.9. The van der Waals surface area contributed by atoms with Crippen LogP contribution in [0, 0.1) is 0 Å². The molecule has 0 atom stereocenters. The van der Waals surface area contributed by atoms with E-state index in [0.29, 0.717) is 25.6 Å². The summed E-state index contributed by atoms with van der Waals surface area (Å²) in [6.45, 7) is 6.32. The molecule has 1 aliphatic heterocycles. The molecule has 3 aromatic carbocycles. The van der Waals surface area contributed by atoms with Gasteiger partial charge in [0.05, 0.1) is 12.1 Å². The summed E-state index contributed by atoms with van der Waals surface area (Å²) in [4.78, 5) is 12.1. The first-order valence-corrected chi connectivity index (χ1v) is 10.6. The van der Waals surface area contributed by atoms with Gasteiger partial charge in [0.2, 0.25) is 5.95 Å². The number of anilines is 2. The van der Waals surface area contributed by atoms with Gasteiger partial charge in [-0.1, -0.05) is 60.7 Å². The topological polar surface area (TPSA) is 50.3 Å². The van der Waals surface area contributed by atoms with Crippen LogP contribution in [0.15, 0.2) is 78.9 Å². The maximum Gasteiger partial charge on any atom is 0.228 e. The van der Waals surface area contributed by atoms with Crippen LogP contribution in [-0.2, 0) is 13.1 Å². The molecule has 4 aromatic rings. The number of para-hydroxylation sites is 2. The van der Waals surface area contributed by atoms with Crippen LogP contribution in [0.25, 0.3) is 10.9 Å². The molecule has 0 bridgehead atoms. The third-order valence-corrected chi connectivity index (χ3v) is 5.47. The van der Waals surface area contributed by atoms with E-state index in [2.05, 4.69) is 60.5 Å². The number of nitrogens with zero attached hydrogens (tertiary/aromatic N) is 3. The Bertz CT molecular complexity index is 1210. The van der Waals surface area contributed by atoms with Gasteiger partial charge in [-0.25, -0.2) is 4.98 Å². The number of ether oxygens (including phenoxy) is 1. The summed E-state index contributed by atoms with van der Waals surface area (Å²) in [5.74, 6) is 2.49. The Labute approximate surface area is 182 Å². The lowest BCUT2D eigenvalue weighted by Gasteiger charge is -2.29. The maximum absolute atomic E-state index is 6.31. The van der Waals surface area contributed by atoms with Crippen molar-refractivity contribution in [2.45, 2.75) is 32.5 Å². The lowest BCUT2D eigenvalue weighted by Crippen LogP contribution is -2.41. The molecule has 0 radical (unpaired) electrons. The Morgan fingerprint density at radius 1 is 0.903 bits per heavy atom. The highest BCUT2D eigenvalue weighted by Crippen LogP contribution is 2.32. The standard InChI is InChI=1S/C26H26N4O/c1-26(2)18-30(17-20-12-6-9-15-23(20)31-26)25-28-22-14-8-7-13-21(22)24(29-25)27-16-19-10-4-3-5-11-19/h3-15H,16-18H2,1-2H3,(H,27,28,29). The predicted molar refractivity (Wildman–Crippen MR) is 126 cm³/mol. The number of nitrogens with one attached hydrogen (secondary N) is 1. The van der Waals surface area contributed by atoms with Gasteiger partial charge in [0.1, 0.15) is 17.2 Å². The Hall–Kier alpha value is -3.60. The van der Waals surface area contributed by atoms with Gasteiger partial charge in [0, 0.05) is 24.0 Å². The van der Waals surface area contributed by atoms with Gasteiger partial charge in [-0.2, -0.15) is 4.98 Å². The van der Waals surface area contributed by atoms with Crippen molar-refractivity contribution in [2.75, 3.05) is 16.8 Å². The molecule has 0 amide bonds. The summed E-state index contributed by atoms with van der Waals surface area (Å²) < 4.78 is 6.31. The van der Waals surface area contributed by atoms with Gasteiger partial charge in [-0.05, 0) is 37.6 Å². The van der Waals surface area contributed by atoms with E-state index in [0.717, 1.165) is 28.0 Å². The molecule has 0 saturated carbocycles. The average Bonchev–Trinajstić information content (AvgIpc) is 2.92. The summed E-state index contributed by atoms with van der Waals surface area (Å²) in [5, 5.41) is 4.55. The van der Waals surface area contributed by atoms with E-state index < -0.39 is 0 Å². The molecule has 5 rings (SSSR count). The molecular formula is C26H26N4O. The van der Waals surface area contributed by atoms with E-state index in [-0.39, 0.29) is 5.60 Å². The summed E-state index contributed by atoms with van der Waals surface area (Å²) in [6.07, 6.45) is 0. The van der Waals surface area contributed by atoms with Gasteiger partial charge >= 0.3 is 0 Å². The fraction of sp³-hybridized carbons (Fsp3) is 0.231. The van der Waals surface area contributed by atoms with Gasteiger partial charge < -0.3 is 15.0 Å². The average molecular weight is 411 g/mol. The Morgan fingerprint density at radius 3 is 2.52 bits per heavy atom. The van der Waals surface area contributed by atoms with Crippen molar-refractivity contribution in [1.29, 1.82) is 0 Å². The second-order valence-electron chi connectivity index (χ2n) is 8.55. The third-order valence-electron chi connectivity index (χ3n) is 5.47. The minimum atomic E-state index is -0.362. The van der Waals surface area contributed by atoms with Crippen LogP contribution in [0.3, 0.4) is 0 Å². The van der Waals surface area contributed by atoms with Crippen molar-refractivity contribution in [3.8, 4) is 5.75 Å². The number of aromatic nitrogens is 2.